The fourth-order valence-corrected chi connectivity index (χ4v) is 2.33. The molecule has 0 aliphatic heterocycles. The van der Waals surface area contributed by atoms with Crippen molar-refractivity contribution in [3.8, 4) is 0 Å². The molecule has 0 saturated heterocycles. The van der Waals surface area contributed by atoms with Gasteiger partial charge in [0.2, 0.25) is 0 Å². The summed E-state index contributed by atoms with van der Waals surface area (Å²) in [5.41, 5.74) is 7.59. The second-order valence-electron chi connectivity index (χ2n) is 5.67. The maximum absolute atomic E-state index is 2.39. The summed E-state index contributed by atoms with van der Waals surface area (Å²) in [7, 11) is 0. The molecule has 1 aromatic rings. The third-order valence-corrected chi connectivity index (χ3v) is 3.34. The monoisotopic (exact) mass is 200 g/mol. The minimum absolute atomic E-state index is 0.271. The highest BCUT2D eigenvalue weighted by atomic mass is 14.3. The van der Waals surface area contributed by atoms with Gasteiger partial charge in [-0.05, 0) is 53.5 Å². The zero-order valence-corrected chi connectivity index (χ0v) is 10.4. The Hall–Kier alpha value is -1.04. The predicted octanol–water partition coefficient (Wildman–Crippen LogP) is 4.29. The second kappa shape index (κ2) is 3.23. The number of benzene rings is 1. The first-order valence-corrected chi connectivity index (χ1v) is 5.71. The highest BCUT2D eigenvalue weighted by molar-refractivity contribution is 5.77. The number of allylic oxidation sites excluding steroid dienone is 2. The molecule has 0 heteroatoms. The van der Waals surface area contributed by atoms with E-state index in [1.165, 1.54) is 27.8 Å². The maximum Gasteiger partial charge on any atom is -0.00851 e. The van der Waals surface area contributed by atoms with Gasteiger partial charge in [-0.3, -0.25) is 0 Å². The van der Waals surface area contributed by atoms with Crippen LogP contribution in [0.3, 0.4) is 0 Å². The van der Waals surface area contributed by atoms with Crippen LogP contribution in [0.15, 0.2) is 18.2 Å². The Balaban J connectivity index is 2.54. The lowest BCUT2D eigenvalue weighted by Crippen LogP contribution is -2.07. The summed E-state index contributed by atoms with van der Waals surface area (Å²) < 4.78 is 0. The van der Waals surface area contributed by atoms with Gasteiger partial charge in [-0.2, -0.15) is 0 Å². The molecule has 15 heavy (non-hydrogen) atoms. The molecule has 1 aliphatic rings. The van der Waals surface area contributed by atoms with Crippen LogP contribution in [0.1, 0.15) is 43.0 Å². The van der Waals surface area contributed by atoms with Gasteiger partial charge in [-0.1, -0.05) is 39.0 Å². The molecule has 0 fully saturated rings. The number of rotatable bonds is 0. The number of aryl methyl sites for hydroxylation is 2. The van der Waals surface area contributed by atoms with Gasteiger partial charge in [-0.15, -0.1) is 0 Å². The lowest BCUT2D eigenvalue weighted by Gasteiger charge is -2.22. The molecule has 0 radical (unpaired) electrons. The van der Waals surface area contributed by atoms with Crippen LogP contribution in [-0.4, -0.2) is 0 Å². The molecule has 0 amide bonds. The Morgan fingerprint density at radius 2 is 1.60 bits per heavy atom. The first-order chi connectivity index (χ1) is 6.89. The third kappa shape index (κ3) is 1.73. The molecule has 0 heterocycles. The van der Waals surface area contributed by atoms with Crippen molar-refractivity contribution >= 4 is 5.57 Å². The van der Waals surface area contributed by atoms with Crippen LogP contribution in [0.4, 0.5) is 0 Å². The summed E-state index contributed by atoms with van der Waals surface area (Å²) in [6.07, 6.45) is 3.51. The van der Waals surface area contributed by atoms with E-state index < -0.39 is 0 Å². The zero-order chi connectivity index (χ0) is 11.2. The Morgan fingerprint density at radius 3 is 2.20 bits per heavy atom. The van der Waals surface area contributed by atoms with Gasteiger partial charge in [0.05, 0.1) is 0 Å². The molecule has 1 aliphatic carbocycles. The SMILES string of the molecule is Cc1cc2c(cc1C)C(C(C)(C)C)=CC2. The third-order valence-electron chi connectivity index (χ3n) is 3.34. The van der Waals surface area contributed by atoms with Crippen molar-refractivity contribution in [2.24, 2.45) is 5.41 Å². The van der Waals surface area contributed by atoms with Gasteiger partial charge in [-0.25, -0.2) is 0 Å². The van der Waals surface area contributed by atoms with E-state index in [1.54, 1.807) is 0 Å². The van der Waals surface area contributed by atoms with E-state index in [4.69, 9.17) is 0 Å². The van der Waals surface area contributed by atoms with Crippen molar-refractivity contribution in [1.82, 2.24) is 0 Å². The standard InChI is InChI=1S/C15H20/c1-10-8-12-6-7-14(15(3,4)5)13(12)9-11(10)2/h7-9H,6H2,1-5H3. The first kappa shape index (κ1) is 10.5. The van der Waals surface area contributed by atoms with E-state index in [0.717, 1.165) is 6.42 Å². The van der Waals surface area contributed by atoms with Gasteiger partial charge in [0.25, 0.3) is 0 Å². The molecule has 0 unspecified atom stereocenters. The average Bonchev–Trinajstić information content (AvgIpc) is 2.47. The largest absolute Gasteiger partial charge is 0.0758 e. The predicted molar refractivity (Wildman–Crippen MR) is 67.1 cm³/mol. The molecule has 0 saturated carbocycles. The molecular formula is C15H20. The van der Waals surface area contributed by atoms with E-state index >= 15 is 0 Å². The molecule has 0 spiro atoms. The van der Waals surface area contributed by atoms with Crippen LogP contribution in [0.5, 0.6) is 0 Å². The lowest BCUT2D eigenvalue weighted by atomic mass is 9.82. The topological polar surface area (TPSA) is 0 Å². The van der Waals surface area contributed by atoms with Gasteiger partial charge in [0.15, 0.2) is 0 Å². The van der Waals surface area contributed by atoms with E-state index in [1.807, 2.05) is 0 Å². The summed E-state index contributed by atoms with van der Waals surface area (Å²) in [5.74, 6) is 0. The molecule has 0 bridgehead atoms. The van der Waals surface area contributed by atoms with Crippen LogP contribution < -0.4 is 0 Å². The van der Waals surface area contributed by atoms with E-state index in [-0.39, 0.29) is 5.41 Å². The van der Waals surface area contributed by atoms with Crippen LogP contribution in [0.25, 0.3) is 5.57 Å². The minimum atomic E-state index is 0.271. The van der Waals surface area contributed by atoms with Crippen molar-refractivity contribution < 1.29 is 0 Å². The van der Waals surface area contributed by atoms with Crippen LogP contribution >= 0.6 is 0 Å². The van der Waals surface area contributed by atoms with Crippen molar-refractivity contribution in [1.29, 1.82) is 0 Å². The van der Waals surface area contributed by atoms with Crippen LogP contribution in [0.2, 0.25) is 0 Å². The summed E-state index contributed by atoms with van der Waals surface area (Å²) in [5, 5.41) is 0. The van der Waals surface area contributed by atoms with Crippen LogP contribution in [0, 0.1) is 19.3 Å². The number of fused-ring (bicyclic) bond motifs is 1. The molecule has 0 nitrogen and oxygen atoms in total. The number of hydrogen-bond donors (Lipinski definition) is 0. The van der Waals surface area contributed by atoms with Crippen molar-refractivity contribution in [3.05, 3.63) is 40.5 Å². The van der Waals surface area contributed by atoms with Gasteiger partial charge >= 0.3 is 0 Å². The zero-order valence-electron chi connectivity index (χ0n) is 10.4. The maximum atomic E-state index is 2.39. The molecule has 0 aromatic heterocycles. The molecule has 0 N–H and O–H groups in total. The van der Waals surface area contributed by atoms with E-state index in [2.05, 4.69) is 52.8 Å². The molecule has 2 rings (SSSR count). The fraction of sp³-hybridized carbons (Fsp3) is 0.467. The number of hydrogen-bond acceptors (Lipinski definition) is 0. The van der Waals surface area contributed by atoms with Crippen molar-refractivity contribution in [2.75, 3.05) is 0 Å². The van der Waals surface area contributed by atoms with Gasteiger partial charge < -0.3 is 0 Å². The fourth-order valence-electron chi connectivity index (χ4n) is 2.33. The summed E-state index contributed by atoms with van der Waals surface area (Å²) in [4.78, 5) is 0. The van der Waals surface area contributed by atoms with E-state index in [9.17, 15) is 0 Å². The lowest BCUT2D eigenvalue weighted by molar-refractivity contribution is 0.567. The Labute approximate surface area is 93.0 Å². The first-order valence-electron chi connectivity index (χ1n) is 5.71. The van der Waals surface area contributed by atoms with Crippen LogP contribution in [-0.2, 0) is 6.42 Å². The van der Waals surface area contributed by atoms with Crippen molar-refractivity contribution in [2.45, 2.75) is 41.0 Å². The molecule has 0 atom stereocenters. The Bertz CT molecular complexity index is 428. The summed E-state index contributed by atoms with van der Waals surface area (Å²) >= 11 is 0. The van der Waals surface area contributed by atoms with Gasteiger partial charge in [0, 0.05) is 0 Å². The summed E-state index contributed by atoms with van der Waals surface area (Å²) in [6, 6.07) is 4.70. The molecule has 1 aromatic carbocycles. The normalized spacial score (nSPS) is 15.1. The quantitative estimate of drug-likeness (QED) is 0.586. The van der Waals surface area contributed by atoms with E-state index in [0.29, 0.717) is 0 Å². The average molecular weight is 200 g/mol. The summed E-state index contributed by atoms with van der Waals surface area (Å²) in [6.45, 7) is 11.3. The Kier molecular flexibility index (Phi) is 2.26. The van der Waals surface area contributed by atoms with Crippen molar-refractivity contribution in [3.63, 3.8) is 0 Å². The highest BCUT2D eigenvalue weighted by Crippen LogP contribution is 2.40. The second-order valence-corrected chi connectivity index (χ2v) is 5.67. The Morgan fingerprint density at radius 1 is 1.00 bits per heavy atom. The van der Waals surface area contributed by atoms with Gasteiger partial charge in [0.1, 0.15) is 0 Å². The molecular weight excluding hydrogens is 180 g/mol. The minimum Gasteiger partial charge on any atom is -0.0758 e. The molecule has 80 valence electrons. The highest BCUT2D eigenvalue weighted by Gasteiger charge is 2.24. The smallest absolute Gasteiger partial charge is 0.00851 e.